The molecule has 4 aliphatic rings. The first-order valence-corrected chi connectivity index (χ1v) is 21.3. The molecule has 6 amide bonds. The zero-order chi connectivity index (χ0) is 41.1. The molecule has 304 valence electrons. The van der Waals surface area contributed by atoms with E-state index >= 15 is 0 Å². The van der Waals surface area contributed by atoms with Crippen molar-refractivity contribution < 1.29 is 28.8 Å². The molecule has 14 nitrogen and oxygen atoms in total. The number of carbonyl (C=O) groups is 6. The second-order valence-corrected chi connectivity index (χ2v) is 17.3. The van der Waals surface area contributed by atoms with Gasteiger partial charge in [0.15, 0.2) is 0 Å². The predicted octanol–water partition coefficient (Wildman–Crippen LogP) is 4.80. The Hall–Kier alpha value is -5.74. The molecule has 0 unspecified atom stereocenters. The highest BCUT2D eigenvalue weighted by molar-refractivity contribution is 7.22. The van der Waals surface area contributed by atoms with Gasteiger partial charge < -0.3 is 42.5 Å². The second kappa shape index (κ2) is 17.4. The number of nitrogens with one attached hydrogen (secondary N) is 8. The van der Waals surface area contributed by atoms with E-state index in [-0.39, 0.29) is 71.7 Å². The van der Waals surface area contributed by atoms with Gasteiger partial charge in [0, 0.05) is 80.6 Å². The average Bonchev–Trinajstić information content (AvgIpc) is 3.98. The SMILES string of the molecule is C=CC(=O)N[C@@H]1CCC[C@@H]1NC(=O)c1ccc2sc3c(c2c1)NC[C@@H](C)NC3=O.C=CC(=O)N[C@H]1CCC[C@H]1NC(=O)c1ccc2sc3c(c2c1)NC[C@@H](C)NC3=O. The standard InChI is InChI=1S/2C21H24N4O3S/c2*1-3-17(26)24-14-5-4-6-15(14)25-20(27)12-7-8-16-13(9-12)18-19(29-16)21(28)23-11(2)10-22-18/h2*3,7-9,11,14-15,22H,1,4-6,10H2,2H3,(H,23,28)(H,24,26)(H,25,27)/t11-,14+,15-;11-,14-,15+/m11/s1. The summed E-state index contributed by atoms with van der Waals surface area (Å²) in [5.74, 6) is -0.978. The van der Waals surface area contributed by atoms with Crippen LogP contribution in [0.3, 0.4) is 0 Å². The number of benzene rings is 2. The topological polar surface area (TPSA) is 199 Å². The first kappa shape index (κ1) is 40.5. The molecule has 0 radical (unpaired) electrons. The second-order valence-electron chi connectivity index (χ2n) is 15.2. The predicted molar refractivity (Wildman–Crippen MR) is 229 cm³/mol. The molecule has 8 N–H and O–H groups in total. The number of anilines is 2. The summed E-state index contributed by atoms with van der Waals surface area (Å²) in [6.07, 6.45) is 7.70. The van der Waals surface area contributed by atoms with Gasteiger partial charge in [-0.15, -0.1) is 22.7 Å². The highest BCUT2D eigenvalue weighted by Crippen LogP contribution is 2.39. The number of fused-ring (bicyclic) bond motifs is 6. The molecule has 4 aromatic rings. The van der Waals surface area contributed by atoms with Gasteiger partial charge >= 0.3 is 0 Å². The molecule has 2 aromatic carbocycles. The van der Waals surface area contributed by atoms with Crippen LogP contribution >= 0.6 is 22.7 Å². The van der Waals surface area contributed by atoms with Gasteiger partial charge in [-0.2, -0.15) is 0 Å². The van der Waals surface area contributed by atoms with E-state index in [0.717, 1.165) is 70.1 Å². The summed E-state index contributed by atoms with van der Waals surface area (Å²) in [7, 11) is 0. The van der Waals surface area contributed by atoms with Gasteiger partial charge in [-0.05, 0) is 101 Å². The van der Waals surface area contributed by atoms with Gasteiger partial charge in [-0.1, -0.05) is 13.2 Å². The highest BCUT2D eigenvalue weighted by atomic mass is 32.1. The molecule has 2 saturated carbocycles. The molecule has 2 aromatic heterocycles. The fraction of sp³-hybridized carbons (Fsp3) is 0.381. The molecule has 0 bridgehead atoms. The van der Waals surface area contributed by atoms with Crippen LogP contribution in [0.25, 0.3) is 20.2 Å². The van der Waals surface area contributed by atoms with Crippen molar-refractivity contribution in [3.63, 3.8) is 0 Å². The highest BCUT2D eigenvalue weighted by Gasteiger charge is 2.32. The Labute approximate surface area is 344 Å². The van der Waals surface area contributed by atoms with Crippen LogP contribution in [0.15, 0.2) is 61.7 Å². The van der Waals surface area contributed by atoms with E-state index in [1.807, 2.05) is 38.1 Å². The number of hydrogen-bond acceptors (Lipinski definition) is 10. The van der Waals surface area contributed by atoms with E-state index in [4.69, 9.17) is 0 Å². The van der Waals surface area contributed by atoms with Crippen LogP contribution in [0.2, 0.25) is 0 Å². The van der Waals surface area contributed by atoms with Crippen LogP contribution in [-0.2, 0) is 9.59 Å². The van der Waals surface area contributed by atoms with Crippen molar-refractivity contribution in [3.05, 3.63) is 82.6 Å². The lowest BCUT2D eigenvalue weighted by molar-refractivity contribution is -0.118. The number of rotatable bonds is 8. The van der Waals surface area contributed by atoms with E-state index in [0.29, 0.717) is 34.0 Å². The van der Waals surface area contributed by atoms with Gasteiger partial charge in [0.05, 0.1) is 11.4 Å². The Morgan fingerprint density at radius 3 is 1.38 bits per heavy atom. The normalized spacial score (nSPS) is 23.5. The van der Waals surface area contributed by atoms with Gasteiger partial charge in [-0.25, -0.2) is 0 Å². The molecule has 8 rings (SSSR count). The minimum Gasteiger partial charge on any atom is -0.381 e. The number of carbonyl (C=O) groups excluding carboxylic acids is 6. The molecule has 2 aliphatic heterocycles. The average molecular weight is 825 g/mol. The van der Waals surface area contributed by atoms with Crippen LogP contribution < -0.4 is 42.5 Å². The first-order chi connectivity index (χ1) is 27.9. The van der Waals surface area contributed by atoms with Crippen molar-refractivity contribution in [2.45, 2.75) is 88.6 Å². The molecule has 0 spiro atoms. The number of thiophene rings is 2. The Balaban J connectivity index is 0.000000177. The largest absolute Gasteiger partial charge is 0.381 e. The number of hydrogen-bond donors (Lipinski definition) is 8. The zero-order valence-corrected chi connectivity index (χ0v) is 34.1. The summed E-state index contributed by atoms with van der Waals surface area (Å²) in [5, 5.41) is 26.3. The zero-order valence-electron chi connectivity index (χ0n) is 32.4. The Bertz CT molecular complexity index is 2160. The van der Waals surface area contributed by atoms with E-state index in [2.05, 4.69) is 55.7 Å². The van der Waals surface area contributed by atoms with Crippen LogP contribution in [-0.4, -0.2) is 84.8 Å². The van der Waals surface area contributed by atoms with Crippen molar-refractivity contribution >= 4 is 89.7 Å². The van der Waals surface area contributed by atoms with Crippen molar-refractivity contribution in [1.29, 1.82) is 0 Å². The van der Waals surface area contributed by atoms with Gasteiger partial charge in [-0.3, -0.25) is 28.8 Å². The summed E-state index contributed by atoms with van der Waals surface area (Å²) in [6.45, 7) is 12.1. The summed E-state index contributed by atoms with van der Waals surface area (Å²) in [5.41, 5.74) is 2.66. The van der Waals surface area contributed by atoms with Crippen molar-refractivity contribution in [1.82, 2.24) is 31.9 Å². The summed E-state index contributed by atoms with van der Waals surface area (Å²) in [6, 6.07) is 10.7. The van der Waals surface area contributed by atoms with Crippen LogP contribution in [0, 0.1) is 0 Å². The molecule has 16 heteroatoms. The van der Waals surface area contributed by atoms with Crippen LogP contribution in [0.5, 0.6) is 0 Å². The summed E-state index contributed by atoms with van der Waals surface area (Å²) >= 11 is 2.85. The molecule has 58 heavy (non-hydrogen) atoms. The van der Waals surface area contributed by atoms with Crippen LogP contribution in [0.1, 0.15) is 92.4 Å². The summed E-state index contributed by atoms with van der Waals surface area (Å²) < 4.78 is 1.92. The fourth-order valence-corrected chi connectivity index (χ4v) is 10.1. The molecular formula is C42H48N8O6S2. The monoisotopic (exact) mass is 824 g/mol. The Morgan fingerprint density at radius 2 is 1.00 bits per heavy atom. The minimum absolute atomic E-state index is 0.0358. The Kier molecular flexibility index (Phi) is 12.1. The Morgan fingerprint density at radius 1 is 0.621 bits per heavy atom. The van der Waals surface area contributed by atoms with Crippen molar-refractivity contribution in [2.75, 3.05) is 23.7 Å². The lowest BCUT2D eigenvalue weighted by Gasteiger charge is -2.21. The first-order valence-electron chi connectivity index (χ1n) is 19.6. The van der Waals surface area contributed by atoms with Crippen LogP contribution in [0.4, 0.5) is 11.4 Å². The molecule has 0 saturated heterocycles. The minimum atomic E-state index is -0.225. The molecule has 4 heterocycles. The lowest BCUT2D eigenvalue weighted by Crippen LogP contribution is -2.48. The van der Waals surface area contributed by atoms with Crippen molar-refractivity contribution in [2.24, 2.45) is 0 Å². The van der Waals surface area contributed by atoms with E-state index in [1.54, 1.807) is 12.1 Å². The van der Waals surface area contributed by atoms with Crippen molar-refractivity contribution in [3.8, 4) is 0 Å². The van der Waals surface area contributed by atoms with E-state index in [1.165, 1.54) is 34.8 Å². The molecule has 2 fully saturated rings. The third-order valence-corrected chi connectivity index (χ3v) is 13.3. The maximum atomic E-state index is 12.9. The van der Waals surface area contributed by atoms with Gasteiger partial charge in [0.1, 0.15) is 9.75 Å². The quantitative estimate of drug-likeness (QED) is 0.116. The fourth-order valence-electron chi connectivity index (χ4n) is 7.94. The number of amides is 6. The van der Waals surface area contributed by atoms with E-state index < -0.39 is 0 Å². The molecular weight excluding hydrogens is 777 g/mol. The third kappa shape index (κ3) is 8.72. The van der Waals surface area contributed by atoms with E-state index in [9.17, 15) is 28.8 Å². The maximum absolute atomic E-state index is 12.9. The molecule has 6 atom stereocenters. The summed E-state index contributed by atoms with van der Waals surface area (Å²) in [4.78, 5) is 75.1. The third-order valence-electron chi connectivity index (χ3n) is 10.9. The van der Waals surface area contributed by atoms with Gasteiger partial charge in [0.2, 0.25) is 11.8 Å². The lowest BCUT2D eigenvalue weighted by atomic mass is 10.1. The van der Waals surface area contributed by atoms with Gasteiger partial charge in [0.25, 0.3) is 23.6 Å². The molecule has 2 aliphatic carbocycles. The smallest absolute Gasteiger partial charge is 0.263 e. The maximum Gasteiger partial charge on any atom is 0.263 e.